The SMILES string of the molecule is C.C.C.C.C.C.C.COC(=O)c1c(OC)c(=O)c(C(=O)O)cn1CC(O)O.COC(=O)c1c(OC)c(=O)c(C(=O)O)cn1CC(OC)OC.COc1c2n(cc(C(=O)O)c1=O)C[C@@H]1O[C@H]3CC[C@H](C3)N1C2=O.O=C(NCc1ccc(F)cc1)c1cn2c(c(O)c1=O)C(=O)N1[C@@H]3CC[C@@H](C3)O[C@H]1C2.O=C(NCc1ccc(F)cc1)c1cn2c(c(O)c1=O)C(=O)N1[C@@H]3CC[C@@H](C3)O[C@H]1C2. The minimum absolute atomic E-state index is 0. The number of hydrogen-bond acceptors (Lipinski definition) is 29. The number of pyridine rings is 5. The third-order valence-corrected chi connectivity index (χ3v) is 22.3. The standard InChI is InChI=1S/2C21H20FN3O5.C15H16N2O6.C13H17NO8.C11H13NO8.7CH4/c2*22-12-3-1-11(2-4-12)8-23-20(28)15-9-24-10-16-25(13-5-6-14(7-13)30-16)21(29)17(24)19(27)18(15)26;1-22-13-11-14(19)17-7-2-3-8(4-7)23-10(17)6-16(11)5-9(12(13)18)15(20)21;1-19-8(20-2)6-14-5-7(12(16)17)10(15)11(21-3)9(14)13(18)22-4;1-19-9-7(11(18)20-2)12(4-6(13)14)3-5(8(9)15)10(16)17;;;;;;;/h2*1-4,9,13-14,16,27H,5-8,10H2,(H,23,28);5,7-8,10H,2-4,6H2,1H3,(H,20,21);5,8H,6H2,1-4H3,(H,16,17);3,6,13-14H,4H2,1-2H3,(H,16,17);7*1H4/t2*13-,14+,16+;7-,8+,10+;;;;;;;;;/m111........./s1. The molecule has 9 N–H and O–H groups in total. The summed E-state index contributed by atoms with van der Waals surface area (Å²) in [5, 5.41) is 71.3. The molecule has 5 aromatic heterocycles. The second-order valence-corrected chi connectivity index (χ2v) is 29.7. The molecule has 7 aromatic rings. The number of aromatic nitrogens is 5. The van der Waals surface area contributed by atoms with Crippen LogP contribution in [0, 0.1) is 11.6 Å². The summed E-state index contributed by atoms with van der Waals surface area (Å²) in [6.45, 7) is 0.354. The molecular formula is C88H114F2N10O32. The Bertz CT molecular complexity index is 5590. The summed E-state index contributed by atoms with van der Waals surface area (Å²) in [4.78, 5) is 187. The quantitative estimate of drug-likeness (QED) is 0.0309. The maximum atomic E-state index is 13.0. The zero-order chi connectivity index (χ0) is 90.6. The normalized spacial score (nSPS) is 19.4. The molecule has 6 bridgehead atoms. The summed E-state index contributed by atoms with van der Waals surface area (Å²) in [5.41, 5.74) is -6.09. The highest BCUT2D eigenvalue weighted by atomic mass is 19.1. The number of aliphatic hydroxyl groups is 2. The van der Waals surface area contributed by atoms with Gasteiger partial charge >= 0.3 is 29.8 Å². The summed E-state index contributed by atoms with van der Waals surface area (Å²) >= 11 is 0. The van der Waals surface area contributed by atoms with Gasteiger partial charge in [0.15, 0.2) is 88.5 Å². The number of halogens is 2. The smallest absolute Gasteiger partial charge is 0.358 e. The van der Waals surface area contributed by atoms with Gasteiger partial charge in [-0.05, 0) is 93.2 Å². The van der Waals surface area contributed by atoms with Crippen LogP contribution in [0.3, 0.4) is 0 Å². The molecule has 6 fully saturated rings. The Morgan fingerprint density at radius 3 is 1.03 bits per heavy atom. The van der Waals surface area contributed by atoms with E-state index in [9.17, 15) is 96.0 Å². The van der Waals surface area contributed by atoms with Crippen molar-refractivity contribution in [3.8, 4) is 28.7 Å². The first-order valence-electron chi connectivity index (χ1n) is 38.7. The fraction of sp³-hybridized carbons (Fsp3) is 0.466. The van der Waals surface area contributed by atoms with Crippen LogP contribution in [0.25, 0.3) is 0 Å². The number of carbonyl (C=O) groups is 10. The van der Waals surface area contributed by atoms with Gasteiger partial charge in [0.05, 0.1) is 86.6 Å². The van der Waals surface area contributed by atoms with E-state index in [0.717, 1.165) is 103 Å². The van der Waals surface area contributed by atoms with E-state index < -0.39 is 164 Å². The van der Waals surface area contributed by atoms with Crippen LogP contribution in [0.4, 0.5) is 8.78 Å². The number of rotatable bonds is 20. The highest BCUT2D eigenvalue weighted by Crippen LogP contribution is 2.42. The average Bonchev–Trinajstić information content (AvgIpc) is 1.48. The molecule has 11 heterocycles. The van der Waals surface area contributed by atoms with E-state index >= 15 is 0 Å². The number of aliphatic hydroxyl groups excluding tert-OH is 1. The van der Waals surface area contributed by atoms with Gasteiger partial charge in [0.25, 0.3) is 29.5 Å². The van der Waals surface area contributed by atoms with Crippen molar-refractivity contribution in [3.05, 3.63) is 210 Å². The lowest BCUT2D eigenvalue weighted by Gasteiger charge is -2.44. The maximum absolute atomic E-state index is 13.0. The van der Waals surface area contributed by atoms with Crippen molar-refractivity contribution in [2.45, 2.75) is 223 Å². The van der Waals surface area contributed by atoms with Gasteiger partial charge in [0.1, 0.15) is 39.5 Å². The predicted molar refractivity (Wildman–Crippen MR) is 466 cm³/mol. The van der Waals surface area contributed by atoms with E-state index in [0.29, 0.717) is 17.7 Å². The molecule has 2 aromatic carbocycles. The van der Waals surface area contributed by atoms with E-state index in [1.54, 1.807) is 14.7 Å². The molecule has 9 aliphatic rings. The summed E-state index contributed by atoms with van der Waals surface area (Å²) in [6.07, 6.45) is 9.54. The van der Waals surface area contributed by atoms with Gasteiger partial charge in [0, 0.05) is 76.4 Å². The Morgan fingerprint density at radius 2 is 0.720 bits per heavy atom. The summed E-state index contributed by atoms with van der Waals surface area (Å²) in [7, 11) is 8.44. The number of carbonyl (C=O) groups excluding carboxylic acids is 7. The van der Waals surface area contributed by atoms with Gasteiger partial charge in [-0.2, -0.15) is 0 Å². The molecule has 132 heavy (non-hydrogen) atoms. The van der Waals surface area contributed by atoms with Crippen LogP contribution in [0.5, 0.6) is 28.7 Å². The molecule has 0 unspecified atom stereocenters. The van der Waals surface area contributed by atoms with Crippen molar-refractivity contribution in [3.63, 3.8) is 0 Å². The van der Waals surface area contributed by atoms with Gasteiger partial charge in [-0.25, -0.2) is 32.8 Å². The molecule has 6 aliphatic heterocycles. The predicted octanol–water partition coefficient (Wildman–Crippen LogP) is 6.07. The third-order valence-electron chi connectivity index (χ3n) is 22.3. The van der Waals surface area contributed by atoms with Crippen LogP contribution < -0.4 is 52.0 Å². The Balaban J connectivity index is 0.000000291. The van der Waals surface area contributed by atoms with Crippen LogP contribution in [0.15, 0.2) is 103 Å². The monoisotopic (exact) mass is 1860 g/mol. The van der Waals surface area contributed by atoms with Crippen LogP contribution in [0.2, 0.25) is 0 Å². The maximum Gasteiger partial charge on any atom is 0.358 e. The summed E-state index contributed by atoms with van der Waals surface area (Å²) in [6, 6.07) is 11.4. The molecule has 0 spiro atoms. The number of carboxylic acid groups (broad SMARTS) is 3. The number of esters is 2. The number of aromatic carboxylic acids is 3. The first-order chi connectivity index (χ1) is 59.6. The second kappa shape index (κ2) is 45.8. The molecule has 42 nitrogen and oxygen atoms in total. The number of benzene rings is 2. The minimum Gasteiger partial charge on any atom is -0.503 e. The largest absolute Gasteiger partial charge is 0.503 e. The third kappa shape index (κ3) is 22.0. The number of ether oxygens (including phenoxy) is 10. The van der Waals surface area contributed by atoms with Crippen molar-refractivity contribution in [1.82, 2.24) is 48.2 Å². The molecule has 722 valence electrons. The molecule has 3 saturated heterocycles. The molecule has 0 radical (unpaired) electrons. The lowest BCUT2D eigenvalue weighted by molar-refractivity contribution is -0.132. The topological polar surface area (TPSA) is 548 Å². The zero-order valence-electron chi connectivity index (χ0n) is 67.8. The van der Waals surface area contributed by atoms with Crippen molar-refractivity contribution >= 4 is 59.4 Å². The van der Waals surface area contributed by atoms with Crippen molar-refractivity contribution < 1.29 is 140 Å². The first-order valence-corrected chi connectivity index (χ1v) is 38.7. The number of nitrogens with one attached hydrogen (secondary N) is 2. The van der Waals surface area contributed by atoms with Gasteiger partial charge in [-0.1, -0.05) is 76.3 Å². The Morgan fingerprint density at radius 1 is 0.417 bits per heavy atom. The fourth-order valence-electron chi connectivity index (χ4n) is 16.5. The minimum atomic E-state index is -1.87. The number of amides is 5. The first kappa shape index (κ1) is 109. The number of fused-ring (bicyclic) bond motifs is 15. The van der Waals surface area contributed by atoms with Crippen molar-refractivity contribution in [2.75, 3.05) is 49.8 Å². The Hall–Kier alpha value is -13.5. The number of methoxy groups -OCH3 is 7. The number of aromatic hydroxyl groups is 2. The molecule has 3 saturated carbocycles. The molecule has 44 heteroatoms. The number of nitrogens with zero attached hydrogens (tertiary/aromatic N) is 8. The highest BCUT2D eigenvalue weighted by molar-refractivity contribution is 6.02. The van der Waals surface area contributed by atoms with Crippen LogP contribution in [0.1, 0.15) is 225 Å². The Labute approximate surface area is 755 Å². The van der Waals surface area contributed by atoms with Gasteiger partial charge in [0.2, 0.25) is 27.1 Å². The van der Waals surface area contributed by atoms with Crippen LogP contribution in [-0.4, -0.2) is 250 Å². The van der Waals surface area contributed by atoms with Crippen LogP contribution in [-0.2, 0) is 79.0 Å². The number of hydrogen-bond donors (Lipinski definition) is 9. The molecule has 9 atom stereocenters. The zero-order valence-corrected chi connectivity index (χ0v) is 67.8. The van der Waals surface area contributed by atoms with E-state index in [1.165, 1.54) is 107 Å². The van der Waals surface area contributed by atoms with Gasteiger partial charge in [-0.3, -0.25) is 47.9 Å². The lowest BCUT2D eigenvalue weighted by Crippen LogP contribution is -2.57. The fourth-order valence-corrected chi connectivity index (χ4v) is 16.5. The highest BCUT2D eigenvalue weighted by Gasteiger charge is 2.51. The number of carboxylic acids is 3. The van der Waals surface area contributed by atoms with Gasteiger partial charge in [-0.15, -0.1) is 0 Å². The van der Waals surface area contributed by atoms with Crippen LogP contribution >= 0.6 is 0 Å². The lowest BCUT2D eigenvalue weighted by atomic mass is 10.1. The molecule has 3 aliphatic carbocycles. The second-order valence-electron chi connectivity index (χ2n) is 29.7. The summed E-state index contributed by atoms with van der Waals surface area (Å²) in [5.74, 6) is -12.2. The van der Waals surface area contributed by atoms with E-state index in [2.05, 4.69) is 20.1 Å². The average molecular weight is 1860 g/mol. The molecule has 5 amide bonds. The molecule has 16 rings (SSSR count). The van der Waals surface area contributed by atoms with E-state index in [1.807, 2.05) is 0 Å². The Kier molecular flexibility index (Phi) is 37.8. The summed E-state index contributed by atoms with van der Waals surface area (Å²) < 4.78 is 84.2. The van der Waals surface area contributed by atoms with Crippen molar-refractivity contribution in [1.29, 1.82) is 0 Å². The molecular weight excluding hydrogens is 1750 g/mol. The van der Waals surface area contributed by atoms with E-state index in [4.69, 9.17) is 58.3 Å². The van der Waals surface area contributed by atoms with E-state index in [-0.39, 0.29) is 178 Å². The van der Waals surface area contributed by atoms with Crippen molar-refractivity contribution in [2.24, 2.45) is 0 Å². The van der Waals surface area contributed by atoms with Gasteiger partial charge < -0.3 is 131 Å².